The van der Waals surface area contributed by atoms with Gasteiger partial charge in [0.05, 0.1) is 6.10 Å². The summed E-state index contributed by atoms with van der Waals surface area (Å²) in [6.45, 7) is 5.98. The third-order valence-corrected chi connectivity index (χ3v) is 4.13. The summed E-state index contributed by atoms with van der Waals surface area (Å²) in [6, 6.07) is 9.69. The van der Waals surface area contributed by atoms with Crippen molar-refractivity contribution in [3.63, 3.8) is 0 Å². The van der Waals surface area contributed by atoms with Gasteiger partial charge in [0.1, 0.15) is 6.04 Å². The fraction of sp³-hybridized carbons (Fsp3) is 0.588. The number of carbonyl (C=O) groups is 1. The lowest BCUT2D eigenvalue weighted by molar-refractivity contribution is -0.127. The quantitative estimate of drug-likeness (QED) is 0.818. The summed E-state index contributed by atoms with van der Waals surface area (Å²) in [5, 5.41) is 12.3. The van der Waals surface area contributed by atoms with Crippen LogP contribution in [0, 0.1) is 0 Å². The lowest BCUT2D eigenvalue weighted by Crippen LogP contribution is -2.50. The van der Waals surface area contributed by atoms with Gasteiger partial charge in [-0.15, -0.1) is 0 Å². The zero-order valence-electron chi connectivity index (χ0n) is 13.5. The molecule has 22 heavy (non-hydrogen) atoms. The SMILES string of the molecule is CC(O)CCNC(=O)C(c1ccccc1)N1CCN(C)CC1. The second kappa shape index (κ2) is 8.27. The molecule has 1 heterocycles. The highest BCUT2D eigenvalue weighted by molar-refractivity contribution is 5.83. The molecule has 2 rings (SSSR count). The van der Waals surface area contributed by atoms with Crippen LogP contribution >= 0.6 is 0 Å². The van der Waals surface area contributed by atoms with Crippen molar-refractivity contribution < 1.29 is 9.90 Å². The summed E-state index contributed by atoms with van der Waals surface area (Å²) in [7, 11) is 2.11. The van der Waals surface area contributed by atoms with Crippen molar-refractivity contribution in [2.24, 2.45) is 0 Å². The number of piperazine rings is 1. The summed E-state index contributed by atoms with van der Waals surface area (Å²) in [6.07, 6.45) is 0.190. The highest BCUT2D eigenvalue weighted by Crippen LogP contribution is 2.22. The van der Waals surface area contributed by atoms with Crippen LogP contribution in [0.5, 0.6) is 0 Å². The number of nitrogens with zero attached hydrogens (tertiary/aromatic N) is 2. The zero-order chi connectivity index (χ0) is 15.9. The van der Waals surface area contributed by atoms with E-state index in [2.05, 4.69) is 22.2 Å². The number of hydrogen-bond acceptors (Lipinski definition) is 4. The largest absolute Gasteiger partial charge is 0.393 e. The normalized spacial score (nSPS) is 19.6. The Morgan fingerprint density at radius 1 is 1.23 bits per heavy atom. The first-order valence-corrected chi connectivity index (χ1v) is 8.01. The maximum atomic E-state index is 12.7. The molecule has 1 amide bonds. The van der Waals surface area contributed by atoms with Crippen molar-refractivity contribution in [3.05, 3.63) is 35.9 Å². The van der Waals surface area contributed by atoms with Gasteiger partial charge in [-0.1, -0.05) is 30.3 Å². The summed E-state index contributed by atoms with van der Waals surface area (Å²) < 4.78 is 0. The first-order chi connectivity index (χ1) is 10.6. The van der Waals surface area contributed by atoms with Crippen molar-refractivity contribution in [2.75, 3.05) is 39.8 Å². The molecule has 0 radical (unpaired) electrons. The second-order valence-electron chi connectivity index (χ2n) is 6.08. The molecular weight excluding hydrogens is 278 g/mol. The first kappa shape index (κ1) is 16.9. The number of hydrogen-bond donors (Lipinski definition) is 2. The van der Waals surface area contributed by atoms with Crippen LogP contribution < -0.4 is 5.32 Å². The Balaban J connectivity index is 2.06. The molecule has 1 aliphatic heterocycles. The number of amides is 1. The van der Waals surface area contributed by atoms with Crippen molar-refractivity contribution in [1.82, 2.24) is 15.1 Å². The first-order valence-electron chi connectivity index (χ1n) is 8.01. The molecule has 1 aliphatic rings. The van der Waals surface area contributed by atoms with Gasteiger partial charge < -0.3 is 15.3 Å². The van der Waals surface area contributed by atoms with Gasteiger partial charge in [0.15, 0.2) is 0 Å². The summed E-state index contributed by atoms with van der Waals surface area (Å²) in [4.78, 5) is 17.2. The summed E-state index contributed by atoms with van der Waals surface area (Å²) in [5.41, 5.74) is 1.03. The van der Waals surface area contributed by atoms with Crippen LogP contribution in [0.4, 0.5) is 0 Å². The van der Waals surface area contributed by atoms with Gasteiger partial charge in [0.2, 0.25) is 5.91 Å². The lowest BCUT2D eigenvalue weighted by Gasteiger charge is -2.37. The molecule has 5 heteroatoms. The number of aliphatic hydroxyl groups excluding tert-OH is 1. The minimum atomic E-state index is -0.390. The third kappa shape index (κ3) is 4.80. The highest BCUT2D eigenvalue weighted by Gasteiger charge is 2.29. The molecule has 0 spiro atoms. The van der Waals surface area contributed by atoms with E-state index in [1.807, 2.05) is 30.3 Å². The van der Waals surface area contributed by atoms with Gasteiger partial charge >= 0.3 is 0 Å². The maximum absolute atomic E-state index is 12.7. The Hall–Kier alpha value is -1.43. The molecular formula is C17H27N3O2. The number of likely N-dealkylation sites (N-methyl/N-ethyl adjacent to an activating group) is 1. The van der Waals surface area contributed by atoms with E-state index in [1.54, 1.807) is 6.92 Å². The molecule has 0 aliphatic carbocycles. The fourth-order valence-electron chi connectivity index (χ4n) is 2.74. The van der Waals surface area contributed by atoms with Gasteiger partial charge in [0, 0.05) is 32.7 Å². The molecule has 1 saturated heterocycles. The number of benzene rings is 1. The van der Waals surface area contributed by atoms with E-state index in [4.69, 9.17) is 0 Å². The van der Waals surface area contributed by atoms with E-state index in [1.165, 1.54) is 0 Å². The van der Waals surface area contributed by atoms with Crippen molar-refractivity contribution in [1.29, 1.82) is 0 Å². The minimum absolute atomic E-state index is 0.0244. The average molecular weight is 305 g/mol. The van der Waals surface area contributed by atoms with Gasteiger partial charge in [-0.05, 0) is 26.0 Å². The minimum Gasteiger partial charge on any atom is -0.393 e. The van der Waals surface area contributed by atoms with E-state index in [9.17, 15) is 9.90 Å². The van der Waals surface area contributed by atoms with Crippen LogP contribution in [0.1, 0.15) is 24.9 Å². The van der Waals surface area contributed by atoms with E-state index < -0.39 is 0 Å². The number of aliphatic hydroxyl groups is 1. The predicted molar refractivity (Wildman–Crippen MR) is 87.6 cm³/mol. The van der Waals surface area contributed by atoms with Crippen LogP contribution in [-0.4, -0.2) is 66.7 Å². The van der Waals surface area contributed by atoms with Gasteiger partial charge in [-0.3, -0.25) is 9.69 Å². The Morgan fingerprint density at radius 3 is 2.45 bits per heavy atom. The maximum Gasteiger partial charge on any atom is 0.241 e. The molecule has 2 unspecified atom stereocenters. The number of nitrogens with one attached hydrogen (secondary N) is 1. The van der Waals surface area contributed by atoms with Crippen LogP contribution in [0.15, 0.2) is 30.3 Å². The molecule has 122 valence electrons. The lowest BCUT2D eigenvalue weighted by atomic mass is 10.0. The topological polar surface area (TPSA) is 55.8 Å². The monoisotopic (exact) mass is 305 g/mol. The van der Waals surface area contributed by atoms with Crippen LogP contribution in [0.3, 0.4) is 0 Å². The molecule has 0 aromatic heterocycles. The summed E-state index contributed by atoms with van der Waals surface area (Å²) >= 11 is 0. The van der Waals surface area contributed by atoms with Gasteiger partial charge in [-0.25, -0.2) is 0 Å². The van der Waals surface area contributed by atoms with Crippen molar-refractivity contribution >= 4 is 5.91 Å². The number of rotatable bonds is 6. The smallest absolute Gasteiger partial charge is 0.241 e. The fourth-order valence-corrected chi connectivity index (χ4v) is 2.74. The molecule has 0 saturated carbocycles. The van der Waals surface area contributed by atoms with Crippen molar-refractivity contribution in [2.45, 2.75) is 25.5 Å². The van der Waals surface area contributed by atoms with Crippen LogP contribution in [0.2, 0.25) is 0 Å². The molecule has 2 N–H and O–H groups in total. The second-order valence-corrected chi connectivity index (χ2v) is 6.08. The number of carbonyl (C=O) groups excluding carboxylic acids is 1. The molecule has 1 fully saturated rings. The van der Waals surface area contributed by atoms with Gasteiger partial charge in [0.25, 0.3) is 0 Å². The predicted octanol–water partition coefficient (Wildman–Crippen LogP) is 0.862. The summed E-state index contributed by atoms with van der Waals surface area (Å²) in [5.74, 6) is 0.0244. The standard InChI is InChI=1S/C17H27N3O2/c1-14(21)8-9-18-17(22)16(15-6-4-3-5-7-15)20-12-10-19(2)11-13-20/h3-7,14,16,21H,8-13H2,1-2H3,(H,18,22). The van der Waals surface area contributed by atoms with Crippen molar-refractivity contribution in [3.8, 4) is 0 Å². The van der Waals surface area contributed by atoms with Crippen LogP contribution in [0.25, 0.3) is 0 Å². The van der Waals surface area contributed by atoms with E-state index in [0.29, 0.717) is 13.0 Å². The molecule has 5 nitrogen and oxygen atoms in total. The Morgan fingerprint density at radius 2 is 1.86 bits per heavy atom. The molecule has 1 aromatic rings. The molecule has 1 aromatic carbocycles. The molecule has 0 bridgehead atoms. The Labute approximate surface area is 132 Å². The average Bonchev–Trinajstić information content (AvgIpc) is 2.50. The highest BCUT2D eigenvalue weighted by atomic mass is 16.3. The third-order valence-electron chi connectivity index (χ3n) is 4.13. The zero-order valence-corrected chi connectivity index (χ0v) is 13.5. The Bertz CT molecular complexity index is 456. The molecule has 2 atom stereocenters. The van der Waals surface area contributed by atoms with E-state index in [0.717, 1.165) is 31.7 Å². The Kier molecular flexibility index (Phi) is 6.36. The van der Waals surface area contributed by atoms with Crippen LogP contribution in [-0.2, 0) is 4.79 Å². The van der Waals surface area contributed by atoms with E-state index in [-0.39, 0.29) is 18.1 Å². The van der Waals surface area contributed by atoms with Gasteiger partial charge in [-0.2, -0.15) is 0 Å². The van der Waals surface area contributed by atoms with E-state index >= 15 is 0 Å².